The molecule has 0 bridgehead atoms. The fourth-order valence-electron chi connectivity index (χ4n) is 3.79. The van der Waals surface area contributed by atoms with Gasteiger partial charge in [-0.1, -0.05) is 18.2 Å². The van der Waals surface area contributed by atoms with Gasteiger partial charge in [-0.05, 0) is 42.7 Å². The molecular formula is C20H21N5O2. The first kappa shape index (κ1) is 17.2. The molecule has 2 N–H and O–H groups in total. The van der Waals surface area contributed by atoms with Crippen LogP contribution in [0.3, 0.4) is 0 Å². The highest BCUT2D eigenvalue weighted by Gasteiger charge is 2.39. The molecule has 1 aromatic heterocycles. The fraction of sp³-hybridized carbons (Fsp3) is 0.300. The van der Waals surface area contributed by atoms with Crippen molar-refractivity contribution < 1.29 is 9.59 Å². The third-order valence-electron chi connectivity index (χ3n) is 5.11. The number of hydrazone groups is 1. The lowest BCUT2D eigenvalue weighted by atomic mass is 10.0. The molecule has 4 rings (SSSR count). The van der Waals surface area contributed by atoms with E-state index in [0.29, 0.717) is 12.3 Å². The van der Waals surface area contributed by atoms with E-state index in [1.165, 1.54) is 0 Å². The minimum atomic E-state index is -0.645. The van der Waals surface area contributed by atoms with Gasteiger partial charge in [-0.3, -0.25) is 19.6 Å². The van der Waals surface area contributed by atoms with Crippen molar-refractivity contribution >= 4 is 23.2 Å². The molecule has 0 aliphatic carbocycles. The first-order valence-corrected chi connectivity index (χ1v) is 9.07. The maximum atomic E-state index is 13.2. The van der Waals surface area contributed by atoms with Crippen molar-refractivity contribution in [1.82, 2.24) is 9.88 Å². The Morgan fingerprint density at radius 3 is 2.52 bits per heavy atom. The standard InChI is InChI=1S/C20H21N5O2/c21-19(26)18-13-16(23-25(18)15-5-2-1-3-6-15)20(27)24-12-4-7-17(24)14-8-10-22-11-9-14/h1-3,5-6,8-11,17-18H,4,7,12-13H2,(H2,21,26)/t17-,18+/m0/s1. The summed E-state index contributed by atoms with van der Waals surface area (Å²) in [5.74, 6) is -0.614. The molecule has 0 spiro atoms. The van der Waals surface area contributed by atoms with Crippen LogP contribution in [-0.2, 0) is 9.59 Å². The van der Waals surface area contributed by atoms with Gasteiger partial charge < -0.3 is 10.6 Å². The van der Waals surface area contributed by atoms with E-state index < -0.39 is 11.9 Å². The van der Waals surface area contributed by atoms with E-state index in [9.17, 15) is 9.59 Å². The summed E-state index contributed by atoms with van der Waals surface area (Å²) >= 11 is 0. The topological polar surface area (TPSA) is 91.9 Å². The molecule has 2 atom stereocenters. The molecule has 3 heterocycles. The van der Waals surface area contributed by atoms with Crippen LogP contribution in [0.25, 0.3) is 0 Å². The highest BCUT2D eigenvalue weighted by atomic mass is 16.2. The average Bonchev–Trinajstić information content (AvgIpc) is 3.36. The molecule has 1 saturated heterocycles. The summed E-state index contributed by atoms with van der Waals surface area (Å²) in [6.07, 6.45) is 5.55. The quantitative estimate of drug-likeness (QED) is 0.897. The fourth-order valence-corrected chi connectivity index (χ4v) is 3.79. The van der Waals surface area contributed by atoms with E-state index in [1.54, 1.807) is 17.4 Å². The number of carbonyl (C=O) groups is 2. The Balaban J connectivity index is 1.60. The lowest BCUT2D eigenvalue weighted by Gasteiger charge is -2.24. The van der Waals surface area contributed by atoms with Crippen molar-refractivity contribution in [3.8, 4) is 0 Å². The van der Waals surface area contributed by atoms with E-state index in [-0.39, 0.29) is 18.4 Å². The predicted octanol–water partition coefficient (Wildman–Crippen LogP) is 1.87. The number of benzene rings is 1. The number of para-hydroxylation sites is 1. The maximum Gasteiger partial charge on any atom is 0.270 e. The number of anilines is 1. The van der Waals surface area contributed by atoms with Crippen LogP contribution >= 0.6 is 0 Å². The average molecular weight is 363 g/mol. The zero-order valence-corrected chi connectivity index (χ0v) is 14.9. The van der Waals surface area contributed by atoms with E-state index in [2.05, 4.69) is 10.1 Å². The zero-order chi connectivity index (χ0) is 18.8. The summed E-state index contributed by atoms with van der Waals surface area (Å²) in [5, 5.41) is 6.04. The normalized spacial score (nSPS) is 22.0. The Labute approximate surface area is 157 Å². The van der Waals surface area contributed by atoms with Crippen LogP contribution in [0.2, 0.25) is 0 Å². The van der Waals surface area contributed by atoms with Crippen LogP contribution in [0.15, 0.2) is 60.0 Å². The van der Waals surface area contributed by atoms with Gasteiger partial charge in [0.2, 0.25) is 5.91 Å². The molecule has 0 radical (unpaired) electrons. The minimum absolute atomic E-state index is 0.0148. The van der Waals surface area contributed by atoms with Crippen molar-refractivity contribution in [2.75, 3.05) is 11.6 Å². The Morgan fingerprint density at radius 2 is 1.81 bits per heavy atom. The number of hydrogen-bond acceptors (Lipinski definition) is 5. The lowest BCUT2D eigenvalue weighted by Crippen LogP contribution is -2.40. The first-order valence-electron chi connectivity index (χ1n) is 9.07. The van der Waals surface area contributed by atoms with Crippen LogP contribution in [0.1, 0.15) is 30.9 Å². The summed E-state index contributed by atoms with van der Waals surface area (Å²) < 4.78 is 0. The van der Waals surface area contributed by atoms with Crippen LogP contribution in [-0.4, -0.2) is 40.0 Å². The van der Waals surface area contributed by atoms with Crippen molar-refractivity contribution in [2.24, 2.45) is 10.8 Å². The molecule has 1 aromatic carbocycles. The van der Waals surface area contributed by atoms with Gasteiger partial charge in [-0.25, -0.2) is 0 Å². The summed E-state index contributed by atoms with van der Waals surface area (Å²) in [6, 6.07) is 12.6. The molecule has 7 nitrogen and oxygen atoms in total. The van der Waals surface area contributed by atoms with Gasteiger partial charge in [0.25, 0.3) is 5.91 Å². The van der Waals surface area contributed by atoms with E-state index in [4.69, 9.17) is 5.73 Å². The maximum absolute atomic E-state index is 13.2. The molecule has 138 valence electrons. The van der Waals surface area contributed by atoms with E-state index >= 15 is 0 Å². The number of carbonyl (C=O) groups excluding carboxylic acids is 2. The van der Waals surface area contributed by atoms with Crippen molar-refractivity contribution in [3.05, 3.63) is 60.4 Å². The van der Waals surface area contributed by atoms with Gasteiger partial charge in [0.15, 0.2) is 0 Å². The Hall–Kier alpha value is -3.22. The molecule has 2 aliphatic rings. The zero-order valence-electron chi connectivity index (χ0n) is 14.9. The smallest absolute Gasteiger partial charge is 0.270 e. The second kappa shape index (κ2) is 7.19. The molecule has 2 amide bonds. The van der Waals surface area contributed by atoms with Crippen LogP contribution in [0, 0.1) is 0 Å². The third-order valence-corrected chi connectivity index (χ3v) is 5.11. The molecule has 27 heavy (non-hydrogen) atoms. The van der Waals surface area contributed by atoms with Gasteiger partial charge >= 0.3 is 0 Å². The monoisotopic (exact) mass is 363 g/mol. The molecule has 1 fully saturated rings. The molecule has 0 saturated carbocycles. The van der Waals surface area contributed by atoms with Gasteiger partial charge in [0, 0.05) is 25.4 Å². The van der Waals surface area contributed by atoms with Gasteiger partial charge in [-0.15, -0.1) is 0 Å². The Bertz CT molecular complexity index is 868. The highest BCUT2D eigenvalue weighted by Crippen LogP contribution is 2.33. The summed E-state index contributed by atoms with van der Waals surface area (Å²) in [5.41, 5.74) is 7.77. The van der Waals surface area contributed by atoms with Gasteiger partial charge in [0.1, 0.15) is 11.8 Å². The summed E-state index contributed by atoms with van der Waals surface area (Å²) in [4.78, 5) is 31.0. The van der Waals surface area contributed by atoms with Crippen LogP contribution in [0.5, 0.6) is 0 Å². The highest BCUT2D eigenvalue weighted by molar-refractivity contribution is 6.40. The minimum Gasteiger partial charge on any atom is -0.368 e. The number of nitrogens with two attached hydrogens (primary N) is 1. The second-order valence-electron chi connectivity index (χ2n) is 6.79. The molecule has 2 aliphatic heterocycles. The second-order valence-corrected chi connectivity index (χ2v) is 6.79. The lowest BCUT2D eigenvalue weighted by molar-refractivity contribution is -0.125. The SMILES string of the molecule is NC(=O)[C@H]1CC(C(=O)N2CCC[C@H]2c2ccncc2)=NN1c1ccccc1. The Morgan fingerprint density at radius 1 is 1.07 bits per heavy atom. The van der Waals surface area contributed by atoms with Crippen LogP contribution in [0.4, 0.5) is 5.69 Å². The number of amides is 2. The molecular weight excluding hydrogens is 342 g/mol. The molecule has 2 aromatic rings. The van der Waals surface area contributed by atoms with Crippen molar-refractivity contribution in [3.63, 3.8) is 0 Å². The van der Waals surface area contributed by atoms with E-state index in [0.717, 1.165) is 24.1 Å². The number of primary amides is 1. The first-order chi connectivity index (χ1) is 13.1. The van der Waals surface area contributed by atoms with Crippen molar-refractivity contribution in [1.29, 1.82) is 0 Å². The van der Waals surface area contributed by atoms with Gasteiger partial charge in [-0.2, -0.15) is 5.10 Å². The number of hydrogen-bond donors (Lipinski definition) is 1. The molecule has 7 heteroatoms. The summed E-state index contributed by atoms with van der Waals surface area (Å²) in [6.45, 7) is 0.678. The largest absolute Gasteiger partial charge is 0.368 e. The van der Waals surface area contributed by atoms with E-state index in [1.807, 2.05) is 47.4 Å². The van der Waals surface area contributed by atoms with Crippen LogP contribution < -0.4 is 10.7 Å². The number of pyridine rings is 1. The van der Waals surface area contributed by atoms with Crippen molar-refractivity contribution in [2.45, 2.75) is 31.3 Å². The summed E-state index contributed by atoms with van der Waals surface area (Å²) in [7, 11) is 0. The number of rotatable bonds is 4. The third kappa shape index (κ3) is 3.28. The predicted molar refractivity (Wildman–Crippen MR) is 102 cm³/mol. The number of nitrogens with zero attached hydrogens (tertiary/aromatic N) is 4. The van der Waals surface area contributed by atoms with Gasteiger partial charge in [0.05, 0.1) is 11.7 Å². The molecule has 0 unspecified atom stereocenters. The number of aromatic nitrogens is 1. The number of likely N-dealkylation sites (tertiary alicyclic amines) is 1. The Kier molecular flexibility index (Phi) is 4.58.